The summed E-state index contributed by atoms with van der Waals surface area (Å²) in [5, 5.41) is 0.909. The first kappa shape index (κ1) is 17.7. The molecule has 0 N–H and O–H groups in total. The number of ether oxygens (including phenoxy) is 1. The summed E-state index contributed by atoms with van der Waals surface area (Å²) in [4.78, 5) is 17.3. The fourth-order valence-electron chi connectivity index (χ4n) is 2.25. The molecule has 1 heterocycles. The van der Waals surface area contributed by atoms with Crippen LogP contribution in [0.3, 0.4) is 0 Å². The molecule has 0 unspecified atom stereocenters. The van der Waals surface area contributed by atoms with Gasteiger partial charge >= 0.3 is 0 Å². The monoisotopic (exact) mass is 331 g/mol. The maximum Gasteiger partial charge on any atom is 0.139 e. The van der Waals surface area contributed by atoms with Crippen molar-refractivity contribution < 1.29 is 9.53 Å². The van der Waals surface area contributed by atoms with E-state index in [-0.39, 0.29) is 11.2 Å². The van der Waals surface area contributed by atoms with Crippen LogP contribution in [0.2, 0.25) is 0 Å². The second-order valence-electron chi connectivity index (χ2n) is 6.81. The summed E-state index contributed by atoms with van der Waals surface area (Å²) in [6, 6.07) is 8.21. The van der Waals surface area contributed by atoms with Gasteiger partial charge in [0.15, 0.2) is 0 Å². The maximum atomic E-state index is 11.9. The minimum Gasteiger partial charge on any atom is -0.494 e. The van der Waals surface area contributed by atoms with Gasteiger partial charge in [-0.05, 0) is 36.5 Å². The number of nitrogens with zero attached hydrogens (tertiary/aromatic N) is 1. The highest BCUT2D eigenvalue weighted by molar-refractivity contribution is 7.11. The number of carbonyl (C=O) groups excluding carboxylic acids is 1. The molecule has 0 amide bonds. The number of aryl methyl sites for hydroxylation is 1. The summed E-state index contributed by atoms with van der Waals surface area (Å²) >= 11 is 1.59. The topological polar surface area (TPSA) is 39.2 Å². The van der Waals surface area contributed by atoms with Crippen molar-refractivity contribution >= 4 is 17.1 Å². The van der Waals surface area contributed by atoms with Gasteiger partial charge in [-0.3, -0.25) is 4.79 Å². The average Bonchev–Trinajstić information content (AvgIpc) is 2.88. The number of hydrogen-bond donors (Lipinski definition) is 0. The van der Waals surface area contributed by atoms with Gasteiger partial charge in [-0.2, -0.15) is 0 Å². The van der Waals surface area contributed by atoms with Crippen molar-refractivity contribution in [3.8, 4) is 5.75 Å². The van der Waals surface area contributed by atoms with Gasteiger partial charge in [0, 0.05) is 17.5 Å². The highest BCUT2D eigenvalue weighted by Gasteiger charge is 2.13. The van der Waals surface area contributed by atoms with E-state index < -0.39 is 0 Å². The number of Topliss-reactive ketones (excluding diaryl/α,β-unsaturated/α-hetero) is 1. The Kier molecular flexibility index (Phi) is 5.94. The zero-order valence-electron chi connectivity index (χ0n) is 14.4. The Morgan fingerprint density at radius 2 is 1.91 bits per heavy atom. The molecule has 124 valence electrons. The third-order valence-electron chi connectivity index (χ3n) is 3.61. The van der Waals surface area contributed by atoms with E-state index in [1.54, 1.807) is 11.3 Å². The van der Waals surface area contributed by atoms with Crippen LogP contribution < -0.4 is 4.74 Å². The number of hydrogen-bond acceptors (Lipinski definition) is 4. The largest absolute Gasteiger partial charge is 0.494 e. The summed E-state index contributed by atoms with van der Waals surface area (Å²) in [6.45, 7) is 9.15. The SMILES string of the molecule is Cc1cnc(CC(=O)CCCOc2ccc(C(C)(C)C)cc2)s1. The second-order valence-corrected chi connectivity index (χ2v) is 8.13. The van der Waals surface area contributed by atoms with Gasteiger partial charge in [-0.1, -0.05) is 32.9 Å². The molecular formula is C19H25NO2S. The number of rotatable bonds is 7. The minimum atomic E-state index is 0.152. The van der Waals surface area contributed by atoms with Gasteiger partial charge in [-0.25, -0.2) is 4.98 Å². The third-order valence-corrected chi connectivity index (χ3v) is 4.52. The van der Waals surface area contributed by atoms with Crippen molar-refractivity contribution in [3.05, 3.63) is 45.9 Å². The highest BCUT2D eigenvalue weighted by Crippen LogP contribution is 2.24. The summed E-state index contributed by atoms with van der Waals surface area (Å²) < 4.78 is 5.71. The Labute approximate surface area is 142 Å². The van der Waals surface area contributed by atoms with Crippen LogP contribution in [0.5, 0.6) is 5.75 Å². The normalized spacial score (nSPS) is 11.5. The molecule has 2 rings (SSSR count). The predicted octanol–water partition coefficient (Wildman–Crippen LogP) is 4.72. The molecular weight excluding hydrogens is 306 g/mol. The first-order valence-corrected chi connectivity index (χ1v) is 8.82. The Hall–Kier alpha value is -1.68. The molecule has 0 aliphatic rings. The molecule has 0 saturated heterocycles. The molecule has 0 saturated carbocycles. The molecule has 4 heteroatoms. The average molecular weight is 331 g/mol. The van der Waals surface area contributed by atoms with Crippen LogP contribution in [0.15, 0.2) is 30.5 Å². The molecule has 0 spiro atoms. The van der Waals surface area contributed by atoms with Crippen LogP contribution in [-0.4, -0.2) is 17.4 Å². The van der Waals surface area contributed by atoms with Gasteiger partial charge in [0.25, 0.3) is 0 Å². The van der Waals surface area contributed by atoms with E-state index in [4.69, 9.17) is 4.74 Å². The standard InChI is InChI=1S/C19H25NO2S/c1-14-13-20-18(23-14)12-16(21)6-5-11-22-17-9-7-15(8-10-17)19(2,3)4/h7-10,13H,5-6,11-12H2,1-4H3. The van der Waals surface area contributed by atoms with Crippen LogP contribution >= 0.6 is 11.3 Å². The number of aromatic nitrogens is 1. The Morgan fingerprint density at radius 3 is 2.48 bits per heavy atom. The summed E-state index contributed by atoms with van der Waals surface area (Å²) in [6.07, 6.45) is 3.54. The van der Waals surface area contributed by atoms with Gasteiger partial charge in [0.1, 0.15) is 16.5 Å². The lowest BCUT2D eigenvalue weighted by molar-refractivity contribution is -0.118. The number of benzene rings is 1. The molecule has 1 aromatic carbocycles. The summed E-state index contributed by atoms with van der Waals surface area (Å²) in [7, 11) is 0. The van der Waals surface area contributed by atoms with Crippen molar-refractivity contribution in [1.82, 2.24) is 4.98 Å². The fourth-order valence-corrected chi connectivity index (χ4v) is 3.07. The van der Waals surface area contributed by atoms with Crippen LogP contribution in [0.1, 0.15) is 49.1 Å². The van der Waals surface area contributed by atoms with E-state index in [9.17, 15) is 4.79 Å². The van der Waals surface area contributed by atoms with Gasteiger partial charge in [0.05, 0.1) is 13.0 Å². The van der Waals surface area contributed by atoms with E-state index in [0.29, 0.717) is 19.4 Å². The Balaban J connectivity index is 1.70. The molecule has 0 aliphatic heterocycles. The smallest absolute Gasteiger partial charge is 0.139 e. The quantitative estimate of drug-likeness (QED) is 0.689. The molecule has 0 radical (unpaired) electrons. The van der Waals surface area contributed by atoms with E-state index >= 15 is 0 Å². The first-order chi connectivity index (χ1) is 10.8. The number of thiazole rings is 1. The molecule has 0 aliphatic carbocycles. The van der Waals surface area contributed by atoms with E-state index in [1.165, 1.54) is 5.56 Å². The molecule has 2 aromatic rings. The van der Waals surface area contributed by atoms with Gasteiger partial charge in [-0.15, -0.1) is 11.3 Å². The highest BCUT2D eigenvalue weighted by atomic mass is 32.1. The maximum absolute atomic E-state index is 11.9. The molecule has 0 atom stereocenters. The number of ketones is 1. The van der Waals surface area contributed by atoms with Crippen LogP contribution in [0.25, 0.3) is 0 Å². The van der Waals surface area contributed by atoms with E-state index in [0.717, 1.165) is 22.1 Å². The predicted molar refractivity (Wildman–Crippen MR) is 95.4 cm³/mol. The fraction of sp³-hybridized carbons (Fsp3) is 0.474. The lowest BCUT2D eigenvalue weighted by Gasteiger charge is -2.19. The first-order valence-electron chi connectivity index (χ1n) is 8.01. The Morgan fingerprint density at radius 1 is 1.22 bits per heavy atom. The second kappa shape index (κ2) is 7.73. The van der Waals surface area contributed by atoms with Crippen LogP contribution in [-0.2, 0) is 16.6 Å². The van der Waals surface area contributed by atoms with E-state index in [1.807, 2.05) is 25.3 Å². The van der Waals surface area contributed by atoms with Crippen LogP contribution in [0, 0.1) is 6.92 Å². The zero-order valence-corrected chi connectivity index (χ0v) is 15.2. The lowest BCUT2D eigenvalue weighted by atomic mass is 9.87. The van der Waals surface area contributed by atoms with Crippen LogP contribution in [0.4, 0.5) is 0 Å². The summed E-state index contributed by atoms with van der Waals surface area (Å²) in [5.74, 6) is 1.09. The molecule has 3 nitrogen and oxygen atoms in total. The van der Waals surface area contributed by atoms with Crippen molar-refractivity contribution in [2.45, 2.75) is 52.4 Å². The molecule has 1 aromatic heterocycles. The van der Waals surface area contributed by atoms with E-state index in [2.05, 4.69) is 37.9 Å². The Bertz CT molecular complexity index is 638. The minimum absolute atomic E-state index is 0.152. The van der Waals surface area contributed by atoms with Crippen molar-refractivity contribution in [2.24, 2.45) is 0 Å². The van der Waals surface area contributed by atoms with Crippen molar-refractivity contribution in [2.75, 3.05) is 6.61 Å². The van der Waals surface area contributed by atoms with Gasteiger partial charge < -0.3 is 4.74 Å². The summed E-state index contributed by atoms with van der Waals surface area (Å²) in [5.41, 5.74) is 1.44. The van der Waals surface area contributed by atoms with Gasteiger partial charge in [0.2, 0.25) is 0 Å². The lowest BCUT2D eigenvalue weighted by Crippen LogP contribution is -2.10. The third kappa shape index (κ3) is 5.79. The molecule has 23 heavy (non-hydrogen) atoms. The van der Waals surface area contributed by atoms with Crippen molar-refractivity contribution in [1.29, 1.82) is 0 Å². The molecule has 0 bridgehead atoms. The number of carbonyl (C=O) groups is 1. The zero-order chi connectivity index (χ0) is 16.9. The van der Waals surface area contributed by atoms with Crippen molar-refractivity contribution in [3.63, 3.8) is 0 Å². The molecule has 0 fully saturated rings.